The summed E-state index contributed by atoms with van der Waals surface area (Å²) in [6.45, 7) is 2.26. The third kappa shape index (κ3) is 5.27. The molecule has 1 aliphatic heterocycles. The minimum Gasteiger partial charge on any atom is -0.456 e. The van der Waals surface area contributed by atoms with Crippen molar-refractivity contribution < 1.29 is 8.83 Å². The van der Waals surface area contributed by atoms with Gasteiger partial charge in [-0.15, -0.1) is 0 Å². The van der Waals surface area contributed by atoms with Gasteiger partial charge in [0.05, 0.1) is 33.9 Å². The number of aromatic nitrogens is 1. The highest BCUT2D eigenvalue weighted by atomic mass is 16.3. The van der Waals surface area contributed by atoms with E-state index in [4.69, 9.17) is 18.8 Å². The third-order valence-electron chi connectivity index (χ3n) is 13.9. The van der Waals surface area contributed by atoms with Gasteiger partial charge < -0.3 is 13.4 Å². The Morgan fingerprint density at radius 3 is 1.92 bits per heavy atom. The molecule has 0 amide bonds. The van der Waals surface area contributed by atoms with Crippen molar-refractivity contribution >= 4 is 110 Å². The van der Waals surface area contributed by atoms with Gasteiger partial charge in [0.25, 0.3) is 0 Å². The maximum atomic E-state index is 7.27. The average molecular weight is 834 g/mol. The second kappa shape index (κ2) is 13.9. The molecule has 0 aliphatic carbocycles. The fourth-order valence-corrected chi connectivity index (χ4v) is 11.0. The lowest BCUT2D eigenvalue weighted by Gasteiger charge is -2.30. The van der Waals surface area contributed by atoms with E-state index in [1.165, 1.54) is 32.3 Å². The Balaban J connectivity index is 1.12. The van der Waals surface area contributed by atoms with E-state index < -0.39 is 0 Å². The van der Waals surface area contributed by atoms with Gasteiger partial charge >= 0.3 is 0 Å². The number of furan rings is 2. The van der Waals surface area contributed by atoms with Gasteiger partial charge in [-0.2, -0.15) is 0 Å². The molecule has 10 aromatic carbocycles. The van der Waals surface area contributed by atoms with Gasteiger partial charge in [-0.1, -0.05) is 153 Å². The van der Waals surface area contributed by atoms with Crippen LogP contribution in [0.25, 0.3) is 104 Å². The number of fused-ring (bicyclic) bond motifs is 13. The molecule has 306 valence electrons. The highest BCUT2D eigenvalue weighted by Gasteiger charge is 2.36. The van der Waals surface area contributed by atoms with Crippen molar-refractivity contribution in [2.24, 2.45) is 15.9 Å². The van der Waals surface area contributed by atoms with E-state index in [0.717, 1.165) is 100 Å². The first kappa shape index (κ1) is 36.2. The van der Waals surface area contributed by atoms with Gasteiger partial charge in [-0.25, -0.2) is 4.99 Å². The number of nitrogens with zero attached hydrogens (tertiary/aromatic N) is 3. The number of rotatable bonds is 5. The third-order valence-corrected chi connectivity index (χ3v) is 13.9. The van der Waals surface area contributed by atoms with Crippen LogP contribution in [0.4, 0.5) is 0 Å². The minimum atomic E-state index is -0.183. The molecule has 0 N–H and O–H groups in total. The van der Waals surface area contributed by atoms with Crippen LogP contribution >= 0.6 is 0 Å². The minimum absolute atomic E-state index is 0.0451. The summed E-state index contributed by atoms with van der Waals surface area (Å²) in [5.74, 6) is 0.653. The molecular formula is C60H39N3O2. The van der Waals surface area contributed by atoms with Crippen molar-refractivity contribution in [1.82, 2.24) is 4.57 Å². The van der Waals surface area contributed by atoms with Crippen molar-refractivity contribution in [3.05, 3.63) is 211 Å². The van der Waals surface area contributed by atoms with Crippen LogP contribution in [-0.2, 0) is 0 Å². The lowest BCUT2D eigenvalue weighted by molar-refractivity contribution is 0.532. The molecule has 3 aromatic heterocycles. The molecule has 1 aliphatic rings. The van der Waals surface area contributed by atoms with Crippen molar-refractivity contribution in [3.8, 4) is 5.69 Å². The molecule has 5 nitrogen and oxygen atoms in total. The summed E-state index contributed by atoms with van der Waals surface area (Å²) in [6.07, 6.45) is 0.825. The molecule has 14 rings (SSSR count). The molecule has 2 unspecified atom stereocenters. The van der Waals surface area contributed by atoms with Gasteiger partial charge in [0.2, 0.25) is 0 Å². The molecule has 0 spiro atoms. The van der Waals surface area contributed by atoms with E-state index in [1.54, 1.807) is 0 Å². The number of hydrogen-bond donors (Lipinski definition) is 0. The van der Waals surface area contributed by atoms with Crippen LogP contribution in [0.1, 0.15) is 36.1 Å². The molecule has 4 heterocycles. The smallest absolute Gasteiger partial charge is 0.155 e. The molecular weight excluding hydrogens is 795 g/mol. The average Bonchev–Trinajstić information content (AvgIpc) is 4.04. The van der Waals surface area contributed by atoms with Gasteiger partial charge in [0.15, 0.2) is 5.84 Å². The number of hydrogen-bond acceptors (Lipinski definition) is 4. The predicted octanol–water partition coefficient (Wildman–Crippen LogP) is 16.1. The molecule has 0 saturated carbocycles. The van der Waals surface area contributed by atoms with Crippen LogP contribution in [0.15, 0.2) is 213 Å². The zero-order chi connectivity index (χ0) is 42.8. The largest absolute Gasteiger partial charge is 0.456 e. The second-order valence-electron chi connectivity index (χ2n) is 17.4. The molecule has 13 aromatic rings. The molecule has 0 radical (unpaired) electrons. The highest BCUT2D eigenvalue weighted by Crippen LogP contribution is 2.48. The Labute approximate surface area is 373 Å². The first-order valence-corrected chi connectivity index (χ1v) is 22.5. The van der Waals surface area contributed by atoms with E-state index in [0.29, 0.717) is 5.84 Å². The molecule has 5 heteroatoms. The SMILES string of the molecule is CCC1C(c2c3ccccc3c(-n3c4cc5ccccc5cc4c4c5ccccc5ccc43)c3c2oc2ccccc23)=NC(c2ccc3oc4ccccc4c3c2)=NC1c1ccccc1. The lowest BCUT2D eigenvalue weighted by atomic mass is 9.81. The van der Waals surface area contributed by atoms with E-state index in [9.17, 15) is 0 Å². The number of aliphatic imine (C=N–C) groups is 2. The summed E-state index contributed by atoms with van der Waals surface area (Å²) in [4.78, 5) is 11.3. The summed E-state index contributed by atoms with van der Waals surface area (Å²) < 4.78 is 16.1. The normalized spacial score (nSPS) is 15.7. The van der Waals surface area contributed by atoms with Gasteiger partial charge in [0, 0.05) is 49.4 Å². The number of benzene rings is 10. The van der Waals surface area contributed by atoms with Gasteiger partial charge in [-0.05, 0) is 87.4 Å². The molecule has 0 saturated heterocycles. The first-order chi connectivity index (χ1) is 32.2. The monoisotopic (exact) mass is 833 g/mol. The first-order valence-electron chi connectivity index (χ1n) is 22.5. The Morgan fingerprint density at radius 1 is 0.477 bits per heavy atom. The summed E-state index contributed by atoms with van der Waals surface area (Å²) in [5.41, 5.74) is 10.9. The maximum absolute atomic E-state index is 7.27. The summed E-state index contributed by atoms with van der Waals surface area (Å²) >= 11 is 0. The van der Waals surface area contributed by atoms with Crippen LogP contribution in [0.5, 0.6) is 0 Å². The van der Waals surface area contributed by atoms with Crippen molar-refractivity contribution in [2.45, 2.75) is 19.4 Å². The fourth-order valence-electron chi connectivity index (χ4n) is 11.0. The summed E-state index contributed by atoms with van der Waals surface area (Å²) in [7, 11) is 0. The summed E-state index contributed by atoms with van der Waals surface area (Å²) in [6, 6.07) is 69.3. The fraction of sp³-hybridized carbons (Fsp3) is 0.0667. The zero-order valence-electron chi connectivity index (χ0n) is 35.5. The maximum Gasteiger partial charge on any atom is 0.155 e. The van der Waals surface area contributed by atoms with E-state index in [2.05, 4.69) is 193 Å². The molecule has 65 heavy (non-hydrogen) atoms. The Hall–Kier alpha value is -8.28. The topological polar surface area (TPSA) is 55.9 Å². The van der Waals surface area contributed by atoms with Crippen molar-refractivity contribution in [2.75, 3.05) is 0 Å². The molecule has 0 fully saturated rings. The summed E-state index contributed by atoms with van der Waals surface area (Å²) in [5, 5.41) is 13.8. The highest BCUT2D eigenvalue weighted by molar-refractivity contribution is 6.32. The Kier molecular flexibility index (Phi) is 7.72. The second-order valence-corrected chi connectivity index (χ2v) is 17.4. The Bertz CT molecular complexity index is 4190. The predicted molar refractivity (Wildman–Crippen MR) is 270 cm³/mol. The van der Waals surface area contributed by atoms with Gasteiger partial charge in [0.1, 0.15) is 22.3 Å². The standard InChI is InChI=1S/C60H39N3O2/c1-2-40-56(36-17-4-3-5-18-36)61-60(39-29-31-52-46(33-39)42-22-12-14-26-50(42)64-52)62-57(40)54-43-23-10-11-24-44(43)58(55-45-25-13-15-27-51(45)65-59(54)55)63-48-30-28-35-16-8-9-21-41(35)53(48)47-32-37-19-6-7-20-38(37)34-49(47)63/h3-34,40,56H,2H2,1H3. The van der Waals surface area contributed by atoms with Crippen LogP contribution in [-0.4, -0.2) is 16.1 Å². The van der Waals surface area contributed by atoms with E-state index >= 15 is 0 Å². The van der Waals surface area contributed by atoms with Crippen molar-refractivity contribution in [1.29, 1.82) is 0 Å². The Morgan fingerprint density at radius 2 is 1.12 bits per heavy atom. The molecule has 0 bridgehead atoms. The molecule has 2 atom stereocenters. The van der Waals surface area contributed by atoms with Crippen LogP contribution in [0.3, 0.4) is 0 Å². The van der Waals surface area contributed by atoms with E-state index in [1.807, 2.05) is 12.1 Å². The zero-order valence-corrected chi connectivity index (χ0v) is 35.5. The number of para-hydroxylation sites is 2. The van der Waals surface area contributed by atoms with E-state index in [-0.39, 0.29) is 12.0 Å². The van der Waals surface area contributed by atoms with Crippen LogP contribution in [0, 0.1) is 5.92 Å². The number of amidine groups is 1. The van der Waals surface area contributed by atoms with Gasteiger partial charge in [-0.3, -0.25) is 4.99 Å². The van der Waals surface area contributed by atoms with Crippen LogP contribution < -0.4 is 0 Å². The van der Waals surface area contributed by atoms with Crippen molar-refractivity contribution in [3.63, 3.8) is 0 Å². The quantitative estimate of drug-likeness (QED) is 0.173. The van der Waals surface area contributed by atoms with Crippen LogP contribution in [0.2, 0.25) is 0 Å². The lowest BCUT2D eigenvalue weighted by Crippen LogP contribution is -2.28.